The van der Waals surface area contributed by atoms with E-state index in [0.717, 1.165) is 43.5 Å². The van der Waals surface area contributed by atoms with Crippen LogP contribution in [0.2, 0.25) is 0 Å². The molecule has 0 saturated heterocycles. The molecule has 27 heteroatoms. The van der Waals surface area contributed by atoms with E-state index in [-0.39, 0.29) is 135 Å². The molecule has 1 aromatic heterocycles. The summed E-state index contributed by atoms with van der Waals surface area (Å²) in [4.78, 5) is 151. The standard InChI is InChI=1S/C68H74Cl2N10O14S/c1-39(2)61(75-56(82)19-7-6-12-29-78-57(83)26-27-58(78)84)63(86)74-49(18-13-28-72-66(71)89)62(85)73-44-22-20-41(21-23-44)38-92-67(90)76(4)30-31-77(5)68(91)94-53-33-51-60(48-17-11-9-15-46(48)53)43(35-70)37-80(51)65(88)55-25-24-54(95-55)64(87)79-36-42(34-69)59-47-16-10-8-14-45(47)52(32-50(59)79)93-40(3)81/h8-11,14-17,20-27,32-33,39,42-43,49,61H,6-7,12-13,18-19,28-31,34-38H2,1-5H3,(H,73,85)(H,74,86)(H,75,82)(H3,71,72,89)/t42-,43-,49+,61+/m1/s1. The van der Waals surface area contributed by atoms with Gasteiger partial charge in [0.2, 0.25) is 17.7 Å². The van der Waals surface area contributed by atoms with Crippen LogP contribution < -0.4 is 46.3 Å². The summed E-state index contributed by atoms with van der Waals surface area (Å²) < 4.78 is 17.3. The van der Waals surface area contributed by atoms with E-state index in [9.17, 15) is 52.7 Å². The largest absolute Gasteiger partial charge is 0.445 e. The molecular weight excluding hydrogens is 1280 g/mol. The molecule has 95 heavy (non-hydrogen) atoms. The van der Waals surface area contributed by atoms with Crippen molar-refractivity contribution in [1.82, 2.24) is 30.7 Å². The number of carbonyl (C=O) groups is 11. The molecule has 500 valence electrons. The minimum Gasteiger partial charge on any atom is -0.445 e. The Bertz CT molecular complexity index is 3980. The highest BCUT2D eigenvalue weighted by atomic mass is 35.5. The van der Waals surface area contributed by atoms with Crippen LogP contribution in [0, 0.1) is 5.92 Å². The van der Waals surface area contributed by atoms with Gasteiger partial charge < -0.3 is 60.8 Å². The summed E-state index contributed by atoms with van der Waals surface area (Å²) in [5.41, 5.74) is 8.89. The average Bonchev–Trinajstić information content (AvgIpc) is 1.63. The number of nitrogens with zero attached hydrogens (tertiary/aromatic N) is 5. The quantitative estimate of drug-likeness (QED) is 0.0106. The molecule has 0 bridgehead atoms. The van der Waals surface area contributed by atoms with Crippen molar-refractivity contribution in [3.05, 3.63) is 136 Å². The summed E-state index contributed by atoms with van der Waals surface area (Å²) in [5, 5.41) is 13.6. The molecular formula is C68H74Cl2N10O14S. The van der Waals surface area contributed by atoms with Gasteiger partial charge in [-0.15, -0.1) is 34.5 Å². The van der Waals surface area contributed by atoms with E-state index in [1.54, 1.807) is 78.2 Å². The molecule has 6 N–H and O–H groups in total. The zero-order chi connectivity index (χ0) is 68.2. The summed E-state index contributed by atoms with van der Waals surface area (Å²) in [5.74, 6) is -3.51. The third-order valence-electron chi connectivity index (χ3n) is 16.6. The molecule has 0 unspecified atom stereocenters. The molecule has 6 aromatic rings. The minimum absolute atomic E-state index is 0.0319. The summed E-state index contributed by atoms with van der Waals surface area (Å²) >= 11 is 14.2. The zero-order valence-corrected chi connectivity index (χ0v) is 55.4. The fourth-order valence-corrected chi connectivity index (χ4v) is 13.1. The summed E-state index contributed by atoms with van der Waals surface area (Å²) in [6.07, 6.45) is 2.96. The van der Waals surface area contributed by atoms with Crippen molar-refractivity contribution in [3.8, 4) is 11.5 Å². The van der Waals surface area contributed by atoms with Crippen LogP contribution in [0.3, 0.4) is 0 Å². The third-order valence-corrected chi connectivity index (χ3v) is 18.4. The molecule has 24 nitrogen and oxygen atoms in total. The van der Waals surface area contributed by atoms with Crippen LogP contribution in [-0.2, 0) is 40.1 Å². The van der Waals surface area contributed by atoms with Crippen molar-refractivity contribution < 1.29 is 67.0 Å². The number of fused-ring (bicyclic) bond motifs is 6. The number of likely N-dealkylation sites (N-methyl/N-ethyl adjacent to an activating group) is 2. The van der Waals surface area contributed by atoms with Crippen LogP contribution >= 0.6 is 34.5 Å². The highest BCUT2D eigenvalue weighted by Gasteiger charge is 2.39. The van der Waals surface area contributed by atoms with Gasteiger partial charge in [0, 0.05) is 131 Å². The number of thiophene rings is 1. The smallest absolute Gasteiger partial charge is 0.415 e. The molecule has 0 saturated carbocycles. The number of urea groups is 1. The number of nitrogens with two attached hydrogens (primary N) is 1. The average molecular weight is 1360 g/mol. The number of amides is 11. The normalized spacial score (nSPS) is 15.3. The van der Waals surface area contributed by atoms with Crippen molar-refractivity contribution in [2.75, 3.05) is 80.2 Å². The topological polar surface area (TPSA) is 306 Å². The Labute approximate surface area is 562 Å². The van der Waals surface area contributed by atoms with Gasteiger partial charge in [0.25, 0.3) is 23.6 Å². The Balaban J connectivity index is 0.775. The fraction of sp³-hybridized carbons (Fsp3) is 0.368. The number of anilines is 3. The third kappa shape index (κ3) is 16.7. The summed E-state index contributed by atoms with van der Waals surface area (Å²) in [6.45, 7) is 5.58. The molecule has 0 aliphatic carbocycles. The van der Waals surface area contributed by atoms with E-state index in [1.165, 1.54) is 43.0 Å². The van der Waals surface area contributed by atoms with Crippen LogP contribution in [0.25, 0.3) is 21.5 Å². The number of hydrogen-bond donors (Lipinski definition) is 5. The molecule has 11 amide bonds. The van der Waals surface area contributed by atoms with Gasteiger partial charge in [-0.05, 0) is 83.3 Å². The van der Waals surface area contributed by atoms with Gasteiger partial charge in [0.05, 0.1) is 21.1 Å². The lowest BCUT2D eigenvalue weighted by atomic mass is 9.95. The van der Waals surface area contributed by atoms with Gasteiger partial charge in [-0.2, -0.15) is 0 Å². The second-order valence-electron chi connectivity index (χ2n) is 23.7. The molecule has 0 spiro atoms. The fourth-order valence-electron chi connectivity index (χ4n) is 11.7. The van der Waals surface area contributed by atoms with Crippen molar-refractivity contribution in [2.45, 2.75) is 89.8 Å². The number of imide groups is 1. The number of alkyl halides is 2. The van der Waals surface area contributed by atoms with Crippen LogP contribution in [-0.4, -0.2) is 157 Å². The van der Waals surface area contributed by atoms with E-state index in [1.807, 2.05) is 42.5 Å². The van der Waals surface area contributed by atoms with E-state index in [4.69, 9.17) is 43.1 Å². The lowest BCUT2D eigenvalue weighted by molar-refractivity contribution is -0.137. The van der Waals surface area contributed by atoms with Gasteiger partial charge in [-0.3, -0.25) is 43.3 Å². The van der Waals surface area contributed by atoms with Crippen molar-refractivity contribution >= 4 is 139 Å². The number of halogens is 2. The van der Waals surface area contributed by atoms with E-state index in [0.29, 0.717) is 57.9 Å². The van der Waals surface area contributed by atoms with Gasteiger partial charge >= 0.3 is 24.2 Å². The maximum absolute atomic E-state index is 14.7. The number of carbonyl (C=O) groups excluding carboxylic acids is 11. The number of esters is 1. The number of nitrogens with one attached hydrogen (secondary N) is 4. The summed E-state index contributed by atoms with van der Waals surface area (Å²) in [6, 6.07) is 25.0. The first-order chi connectivity index (χ1) is 45.5. The monoisotopic (exact) mass is 1360 g/mol. The van der Waals surface area contributed by atoms with Crippen molar-refractivity contribution in [1.29, 1.82) is 0 Å². The Morgan fingerprint density at radius 1 is 0.663 bits per heavy atom. The number of unbranched alkanes of at least 4 members (excludes halogenated alkanes) is 2. The summed E-state index contributed by atoms with van der Waals surface area (Å²) in [7, 11) is 3.03. The van der Waals surface area contributed by atoms with Crippen LogP contribution in [0.4, 0.5) is 31.4 Å². The SMILES string of the molecule is CC(=O)Oc1cc2c(c3ccccc13)[C@H](CCl)CN2C(=O)c1ccc(C(=O)N2C[C@@H](CCl)c3c2cc(OC(=O)N(C)CCN(C)C(=O)OCc2ccc(NC(=O)[C@H](CCCNC(N)=O)NC(=O)[C@@H](NC(=O)CCCCCN4C(=O)C=CC4=O)C(C)C)cc2)c2ccccc32)s1. The van der Waals surface area contributed by atoms with Gasteiger partial charge in [-0.25, -0.2) is 14.4 Å². The van der Waals surface area contributed by atoms with E-state index >= 15 is 0 Å². The first-order valence-electron chi connectivity index (χ1n) is 31.1. The molecule has 5 aromatic carbocycles. The zero-order valence-electron chi connectivity index (χ0n) is 53.1. The maximum atomic E-state index is 14.7. The lowest BCUT2D eigenvalue weighted by Crippen LogP contribution is -2.54. The first-order valence-corrected chi connectivity index (χ1v) is 33.0. The molecule has 0 fully saturated rings. The van der Waals surface area contributed by atoms with Crippen LogP contribution in [0.15, 0.2) is 109 Å². The second-order valence-corrected chi connectivity index (χ2v) is 25.4. The lowest BCUT2D eigenvalue weighted by Gasteiger charge is -2.25. The minimum atomic E-state index is -1.10. The molecule has 4 heterocycles. The van der Waals surface area contributed by atoms with Crippen LogP contribution in [0.5, 0.6) is 11.5 Å². The number of primary amides is 1. The number of hydrogen-bond acceptors (Lipinski definition) is 15. The second kappa shape index (κ2) is 31.6. The molecule has 0 radical (unpaired) electrons. The Morgan fingerprint density at radius 3 is 1.73 bits per heavy atom. The van der Waals surface area contributed by atoms with Crippen molar-refractivity contribution in [2.24, 2.45) is 11.7 Å². The molecule has 9 rings (SSSR count). The predicted molar refractivity (Wildman–Crippen MR) is 360 cm³/mol. The Kier molecular flexibility index (Phi) is 23.2. The first kappa shape index (κ1) is 69.7. The van der Waals surface area contributed by atoms with Crippen molar-refractivity contribution in [3.63, 3.8) is 0 Å². The molecule has 4 atom stereocenters. The van der Waals surface area contributed by atoms with E-state index < -0.39 is 48.1 Å². The van der Waals surface area contributed by atoms with E-state index in [2.05, 4.69) is 21.3 Å². The van der Waals surface area contributed by atoms with Gasteiger partial charge in [0.15, 0.2) is 0 Å². The van der Waals surface area contributed by atoms with Crippen LogP contribution in [0.1, 0.15) is 107 Å². The molecule has 3 aliphatic rings. The molecule has 3 aliphatic heterocycles. The number of benzene rings is 5. The highest BCUT2D eigenvalue weighted by molar-refractivity contribution is 7.16. The Morgan fingerprint density at radius 2 is 1.20 bits per heavy atom. The van der Waals surface area contributed by atoms with Gasteiger partial charge in [0.1, 0.15) is 30.2 Å². The predicted octanol–water partition coefficient (Wildman–Crippen LogP) is 9.14. The van der Waals surface area contributed by atoms with Gasteiger partial charge in [-0.1, -0.05) is 80.9 Å². The maximum Gasteiger partial charge on any atom is 0.415 e. The highest BCUT2D eigenvalue weighted by Crippen LogP contribution is 2.48. The Hall–Kier alpha value is -9.59. The number of ether oxygens (including phenoxy) is 3. The number of rotatable bonds is 27.